The van der Waals surface area contributed by atoms with Crippen LogP contribution in [0.15, 0.2) is 158 Å². The first-order chi connectivity index (χ1) is 26.8. The molecule has 0 N–H and O–H groups in total. The molecule has 0 saturated heterocycles. The second-order valence-electron chi connectivity index (χ2n) is 12.9. The first kappa shape index (κ1) is 32.8. The summed E-state index contributed by atoms with van der Waals surface area (Å²) < 4.78 is 26.2. The van der Waals surface area contributed by atoms with Crippen molar-refractivity contribution < 1.29 is 18.9 Å². The lowest BCUT2D eigenvalue weighted by Crippen LogP contribution is -2.11. The monoisotopic (exact) mass is 706 g/mol. The molecule has 5 aromatic carbocycles. The van der Waals surface area contributed by atoms with Crippen molar-refractivity contribution in [2.24, 2.45) is 0 Å². The maximum Gasteiger partial charge on any atom is 0.146 e. The molecule has 0 aliphatic rings. The van der Waals surface area contributed by atoms with E-state index in [1.165, 1.54) is 0 Å². The van der Waals surface area contributed by atoms with Crippen LogP contribution in [-0.4, -0.2) is 19.9 Å². The number of hydrogen-bond donors (Lipinski definition) is 0. The Morgan fingerprint density at radius 3 is 0.796 bits per heavy atom. The first-order valence-electron chi connectivity index (χ1n) is 17.8. The highest BCUT2D eigenvalue weighted by Gasteiger charge is 2.16. The molecule has 0 atom stereocenters. The van der Waals surface area contributed by atoms with Crippen molar-refractivity contribution in [2.75, 3.05) is 0 Å². The normalized spacial score (nSPS) is 11.3. The summed E-state index contributed by atoms with van der Waals surface area (Å²) in [4.78, 5) is 18.4. The molecule has 0 unspecified atom stereocenters. The van der Waals surface area contributed by atoms with E-state index in [0.717, 1.165) is 65.9 Å². The molecule has 0 spiro atoms. The summed E-state index contributed by atoms with van der Waals surface area (Å²) in [6.07, 6.45) is 7.13. The van der Waals surface area contributed by atoms with Crippen LogP contribution < -0.4 is 18.9 Å². The third-order valence-corrected chi connectivity index (χ3v) is 9.44. The predicted octanol–water partition coefficient (Wildman–Crippen LogP) is 10.2. The summed E-state index contributed by atoms with van der Waals surface area (Å²) in [5.41, 5.74) is 7.01. The van der Waals surface area contributed by atoms with Crippen LogP contribution in [0.5, 0.6) is 23.0 Å². The molecule has 9 rings (SSSR count). The van der Waals surface area contributed by atoms with Crippen molar-refractivity contribution in [1.29, 1.82) is 0 Å². The zero-order chi connectivity index (χ0) is 36.1. The van der Waals surface area contributed by atoms with Gasteiger partial charge in [-0.15, -0.1) is 0 Å². The molecule has 0 aliphatic heterocycles. The second-order valence-corrected chi connectivity index (χ2v) is 12.9. The van der Waals surface area contributed by atoms with Crippen LogP contribution in [0.1, 0.15) is 22.3 Å². The minimum Gasteiger partial charge on any atom is -0.487 e. The van der Waals surface area contributed by atoms with Gasteiger partial charge >= 0.3 is 0 Å². The number of rotatable bonds is 12. The number of pyridine rings is 4. The largest absolute Gasteiger partial charge is 0.487 e. The molecule has 0 aliphatic carbocycles. The summed E-state index contributed by atoms with van der Waals surface area (Å²) >= 11 is 0. The van der Waals surface area contributed by atoms with Crippen molar-refractivity contribution in [1.82, 2.24) is 19.9 Å². The third kappa shape index (κ3) is 6.80. The number of aromatic nitrogens is 4. The van der Waals surface area contributed by atoms with Crippen molar-refractivity contribution in [3.8, 4) is 23.0 Å². The molecule has 8 heteroatoms. The van der Waals surface area contributed by atoms with Gasteiger partial charge in [-0.1, -0.05) is 72.8 Å². The van der Waals surface area contributed by atoms with Gasteiger partial charge in [0, 0.05) is 46.3 Å². The Morgan fingerprint density at radius 1 is 0.296 bits per heavy atom. The van der Waals surface area contributed by atoms with Crippen LogP contribution >= 0.6 is 0 Å². The highest BCUT2D eigenvalue weighted by Crippen LogP contribution is 2.31. The Labute approximate surface area is 311 Å². The number of hydrogen-bond acceptors (Lipinski definition) is 8. The van der Waals surface area contributed by atoms with Crippen molar-refractivity contribution in [2.45, 2.75) is 26.4 Å². The summed E-state index contributed by atoms with van der Waals surface area (Å²) in [6, 6.07) is 44.0. The number of benzene rings is 5. The van der Waals surface area contributed by atoms with Gasteiger partial charge in [0.15, 0.2) is 0 Å². The summed E-state index contributed by atoms with van der Waals surface area (Å²) in [5.74, 6) is 2.81. The Hall–Kier alpha value is -7.06. The molecule has 8 nitrogen and oxygen atoms in total. The standard InChI is InChI=1S/C46H34N4O4/c1-9-31-13-5-21-47-43(31)39(17-1)51-27-35-25-37(29-53-41-19-3-11-33-15-7-23-49-45(33)41)38(30-54-42-20-4-12-34-16-8-24-50-46(34)42)26-36(35)28-52-40-18-2-10-32-14-6-22-48-44(32)40/h1-26H,27-30H2. The SMILES string of the molecule is c1cnc2c(OCc3cc(COc4cccc5cccnc45)c(COc4cccc5cccnc45)cc3COc3cccc4cccnc34)cccc2c1. The number of ether oxygens (including phenoxy) is 4. The predicted molar refractivity (Wildman–Crippen MR) is 211 cm³/mol. The van der Waals surface area contributed by atoms with Crippen molar-refractivity contribution in [3.63, 3.8) is 0 Å². The lowest BCUT2D eigenvalue weighted by atomic mass is 9.99. The van der Waals surface area contributed by atoms with Gasteiger partial charge in [0.1, 0.15) is 71.5 Å². The molecule has 0 saturated carbocycles. The molecular formula is C46H34N4O4. The minimum absolute atomic E-state index is 0.277. The maximum absolute atomic E-state index is 6.54. The van der Waals surface area contributed by atoms with Crippen molar-refractivity contribution in [3.05, 3.63) is 181 Å². The Balaban J connectivity index is 1.10. The van der Waals surface area contributed by atoms with E-state index < -0.39 is 0 Å². The molecule has 0 bridgehead atoms. The van der Waals surface area contributed by atoms with Gasteiger partial charge in [-0.3, -0.25) is 19.9 Å². The van der Waals surface area contributed by atoms with Gasteiger partial charge in [-0.25, -0.2) is 0 Å². The average molecular weight is 707 g/mol. The lowest BCUT2D eigenvalue weighted by Gasteiger charge is -2.19. The van der Waals surface area contributed by atoms with Crippen LogP contribution in [-0.2, 0) is 26.4 Å². The minimum atomic E-state index is 0.277. The van der Waals surface area contributed by atoms with Gasteiger partial charge in [0.2, 0.25) is 0 Å². The topological polar surface area (TPSA) is 88.5 Å². The van der Waals surface area contributed by atoms with Crippen LogP contribution in [0.2, 0.25) is 0 Å². The average Bonchev–Trinajstić information content (AvgIpc) is 3.23. The zero-order valence-corrected chi connectivity index (χ0v) is 29.3. The molecule has 262 valence electrons. The van der Waals surface area contributed by atoms with E-state index >= 15 is 0 Å². The summed E-state index contributed by atoms with van der Waals surface area (Å²) in [7, 11) is 0. The quantitative estimate of drug-likeness (QED) is 0.124. The van der Waals surface area contributed by atoms with Crippen LogP contribution in [0.4, 0.5) is 0 Å². The van der Waals surface area contributed by atoms with Crippen molar-refractivity contribution >= 4 is 43.6 Å². The fourth-order valence-corrected chi connectivity index (χ4v) is 6.72. The maximum atomic E-state index is 6.54. The van der Waals surface area contributed by atoms with E-state index in [4.69, 9.17) is 18.9 Å². The van der Waals surface area contributed by atoms with E-state index in [-0.39, 0.29) is 26.4 Å². The Bertz CT molecular complexity index is 2370. The van der Waals surface area contributed by atoms with E-state index in [0.29, 0.717) is 23.0 Å². The van der Waals surface area contributed by atoms with Crippen LogP contribution in [0, 0.1) is 0 Å². The molecule has 0 amide bonds. The molecule has 4 aromatic heterocycles. The van der Waals surface area contributed by atoms with E-state index in [1.807, 2.05) is 121 Å². The molecule has 4 heterocycles. The molecule has 9 aromatic rings. The highest BCUT2D eigenvalue weighted by molar-refractivity contribution is 5.86. The zero-order valence-electron chi connectivity index (χ0n) is 29.3. The summed E-state index contributed by atoms with van der Waals surface area (Å²) in [5, 5.41) is 4.04. The molecule has 54 heavy (non-hydrogen) atoms. The lowest BCUT2D eigenvalue weighted by molar-refractivity contribution is 0.278. The molecule has 0 fully saturated rings. The fourth-order valence-electron chi connectivity index (χ4n) is 6.72. The van der Waals surface area contributed by atoms with Gasteiger partial charge in [-0.05, 0) is 82.9 Å². The number of nitrogens with zero attached hydrogens (tertiary/aromatic N) is 4. The molecular weight excluding hydrogens is 673 g/mol. The number of fused-ring (bicyclic) bond motifs is 4. The number of para-hydroxylation sites is 4. The molecule has 0 radical (unpaired) electrons. The van der Waals surface area contributed by atoms with Crippen LogP contribution in [0.25, 0.3) is 43.6 Å². The Morgan fingerprint density at radius 2 is 0.537 bits per heavy atom. The van der Waals surface area contributed by atoms with Gasteiger partial charge in [0.05, 0.1) is 0 Å². The Kier molecular flexibility index (Phi) is 9.05. The highest BCUT2D eigenvalue weighted by atomic mass is 16.5. The van der Waals surface area contributed by atoms with E-state index in [2.05, 4.69) is 32.1 Å². The smallest absolute Gasteiger partial charge is 0.146 e. The summed E-state index contributed by atoms with van der Waals surface area (Å²) in [6.45, 7) is 1.11. The third-order valence-electron chi connectivity index (χ3n) is 9.44. The van der Waals surface area contributed by atoms with Gasteiger partial charge in [-0.2, -0.15) is 0 Å². The fraction of sp³-hybridized carbons (Fsp3) is 0.0870. The first-order valence-corrected chi connectivity index (χ1v) is 17.8. The second kappa shape index (κ2) is 14.9. The van der Waals surface area contributed by atoms with Crippen LogP contribution in [0.3, 0.4) is 0 Å². The van der Waals surface area contributed by atoms with E-state index in [1.54, 1.807) is 24.8 Å². The van der Waals surface area contributed by atoms with Gasteiger partial charge in [0.25, 0.3) is 0 Å². The van der Waals surface area contributed by atoms with E-state index in [9.17, 15) is 0 Å². The van der Waals surface area contributed by atoms with Gasteiger partial charge < -0.3 is 18.9 Å².